The number of anilines is 3. The molecule has 1 N–H and O–H groups in total. The minimum Gasteiger partial charge on any atom is -0.368 e. The first-order valence-electron chi connectivity index (χ1n) is 13.6. The normalized spacial score (nSPS) is 15.0. The molecule has 3 aromatic carbocycles. The van der Waals surface area contributed by atoms with Gasteiger partial charge in [0, 0.05) is 78.9 Å². The number of carbonyl (C=O) groups excluding carboxylic acids is 1. The highest BCUT2D eigenvalue weighted by Crippen LogP contribution is 2.34. The summed E-state index contributed by atoms with van der Waals surface area (Å²) in [7, 11) is 0. The van der Waals surface area contributed by atoms with Crippen LogP contribution < -0.4 is 15.1 Å². The van der Waals surface area contributed by atoms with Crippen molar-refractivity contribution in [3.05, 3.63) is 106 Å². The van der Waals surface area contributed by atoms with Crippen molar-refractivity contribution in [3.63, 3.8) is 0 Å². The van der Waals surface area contributed by atoms with Gasteiger partial charge >= 0.3 is 0 Å². The first-order chi connectivity index (χ1) is 19.4. The fourth-order valence-corrected chi connectivity index (χ4v) is 5.83. The minimum atomic E-state index is 0.0539. The van der Waals surface area contributed by atoms with Crippen molar-refractivity contribution >= 4 is 46.3 Å². The largest absolute Gasteiger partial charge is 0.368 e. The lowest BCUT2D eigenvalue weighted by Gasteiger charge is -2.36. The van der Waals surface area contributed by atoms with Gasteiger partial charge in [-0.05, 0) is 72.1 Å². The summed E-state index contributed by atoms with van der Waals surface area (Å²) in [6, 6.07) is 24.0. The molecular formula is C32H31Cl2N5O. The Morgan fingerprint density at radius 3 is 2.50 bits per heavy atom. The lowest BCUT2D eigenvalue weighted by Crippen LogP contribution is -2.48. The summed E-state index contributed by atoms with van der Waals surface area (Å²) in [6.45, 7) is 7.44. The first kappa shape index (κ1) is 26.5. The van der Waals surface area contributed by atoms with Crippen LogP contribution in [0.15, 0.2) is 79.0 Å². The highest BCUT2D eigenvalue weighted by atomic mass is 35.5. The summed E-state index contributed by atoms with van der Waals surface area (Å²) >= 11 is 12.5. The van der Waals surface area contributed by atoms with E-state index < -0.39 is 0 Å². The molecule has 4 aromatic rings. The van der Waals surface area contributed by atoms with Crippen molar-refractivity contribution in [2.24, 2.45) is 0 Å². The number of amides is 1. The SMILES string of the molecule is Cc1ccc(Cl)cc1CN1CCNc2ncc(-c3cccc(C(=O)N4CCN(c5cccc(Cl)c5)CC4)c3)cc21. The quantitative estimate of drug-likeness (QED) is 0.287. The second-order valence-electron chi connectivity index (χ2n) is 10.4. The predicted octanol–water partition coefficient (Wildman–Crippen LogP) is 6.76. The van der Waals surface area contributed by atoms with Crippen molar-refractivity contribution in [1.29, 1.82) is 0 Å². The van der Waals surface area contributed by atoms with Gasteiger partial charge in [0.05, 0.1) is 5.69 Å². The molecule has 3 heterocycles. The van der Waals surface area contributed by atoms with Crippen LogP contribution in [0.1, 0.15) is 21.5 Å². The number of nitrogens with one attached hydrogen (secondary N) is 1. The third kappa shape index (κ3) is 5.60. The molecule has 6 nitrogen and oxygen atoms in total. The number of piperazine rings is 1. The van der Waals surface area contributed by atoms with Gasteiger partial charge in [0.15, 0.2) is 0 Å². The molecule has 0 radical (unpaired) electrons. The smallest absolute Gasteiger partial charge is 0.253 e. The number of hydrogen-bond acceptors (Lipinski definition) is 5. The van der Waals surface area contributed by atoms with E-state index in [1.807, 2.05) is 65.7 Å². The molecule has 8 heteroatoms. The topological polar surface area (TPSA) is 51.7 Å². The molecule has 2 aliphatic heterocycles. The molecule has 6 rings (SSSR count). The molecule has 40 heavy (non-hydrogen) atoms. The van der Waals surface area contributed by atoms with E-state index in [9.17, 15) is 4.79 Å². The van der Waals surface area contributed by atoms with Gasteiger partial charge in [0.25, 0.3) is 5.91 Å². The van der Waals surface area contributed by atoms with Gasteiger partial charge in [-0.15, -0.1) is 0 Å². The number of aryl methyl sites for hydroxylation is 1. The Morgan fingerprint density at radius 2 is 1.68 bits per heavy atom. The van der Waals surface area contributed by atoms with E-state index in [1.165, 1.54) is 11.1 Å². The first-order valence-corrected chi connectivity index (χ1v) is 14.3. The van der Waals surface area contributed by atoms with Crippen LogP contribution in [0.5, 0.6) is 0 Å². The number of rotatable bonds is 5. The number of hydrogen-bond donors (Lipinski definition) is 1. The number of nitrogens with zero attached hydrogens (tertiary/aromatic N) is 4. The molecule has 1 fully saturated rings. The van der Waals surface area contributed by atoms with Crippen molar-refractivity contribution in [2.75, 3.05) is 54.4 Å². The van der Waals surface area contributed by atoms with E-state index in [0.717, 1.165) is 71.1 Å². The zero-order valence-electron chi connectivity index (χ0n) is 22.4. The number of pyridine rings is 1. The number of aromatic nitrogens is 1. The summed E-state index contributed by atoms with van der Waals surface area (Å²) in [4.78, 5) is 24.8. The van der Waals surface area contributed by atoms with Gasteiger partial charge in [0.1, 0.15) is 5.82 Å². The van der Waals surface area contributed by atoms with E-state index in [2.05, 4.69) is 40.2 Å². The number of fused-ring (bicyclic) bond motifs is 1. The van der Waals surface area contributed by atoms with Crippen LogP contribution in [0.2, 0.25) is 10.0 Å². The highest BCUT2D eigenvalue weighted by molar-refractivity contribution is 6.31. The summed E-state index contributed by atoms with van der Waals surface area (Å²) in [6.07, 6.45) is 1.88. The van der Waals surface area contributed by atoms with Gasteiger partial charge < -0.3 is 20.0 Å². The molecule has 1 saturated heterocycles. The maximum Gasteiger partial charge on any atom is 0.253 e. The fourth-order valence-electron chi connectivity index (χ4n) is 5.45. The zero-order valence-corrected chi connectivity index (χ0v) is 23.9. The third-order valence-corrected chi connectivity index (χ3v) is 8.21. The molecule has 0 unspecified atom stereocenters. The van der Waals surface area contributed by atoms with Gasteiger partial charge in [-0.1, -0.05) is 47.5 Å². The van der Waals surface area contributed by atoms with Crippen LogP contribution in [0.4, 0.5) is 17.2 Å². The Hall–Kier alpha value is -3.74. The Bertz CT molecular complexity index is 1550. The van der Waals surface area contributed by atoms with E-state index in [4.69, 9.17) is 28.2 Å². The van der Waals surface area contributed by atoms with Gasteiger partial charge in [-0.25, -0.2) is 4.98 Å². The molecule has 0 bridgehead atoms. The molecule has 0 atom stereocenters. The Balaban J connectivity index is 1.19. The maximum atomic E-state index is 13.5. The van der Waals surface area contributed by atoms with E-state index in [1.54, 1.807) is 0 Å². The van der Waals surface area contributed by atoms with Crippen molar-refractivity contribution < 1.29 is 4.79 Å². The molecule has 1 aromatic heterocycles. The molecule has 0 aliphatic carbocycles. The predicted molar refractivity (Wildman–Crippen MR) is 165 cm³/mol. The van der Waals surface area contributed by atoms with Gasteiger partial charge in [-0.3, -0.25) is 4.79 Å². The van der Waals surface area contributed by atoms with Crippen LogP contribution in [0.25, 0.3) is 11.1 Å². The lowest BCUT2D eigenvalue weighted by molar-refractivity contribution is 0.0747. The fraction of sp³-hybridized carbons (Fsp3) is 0.250. The van der Waals surface area contributed by atoms with Crippen molar-refractivity contribution in [3.8, 4) is 11.1 Å². The average molecular weight is 573 g/mol. The molecule has 0 saturated carbocycles. The number of carbonyl (C=O) groups is 1. The molecule has 2 aliphatic rings. The Labute approximate surface area is 245 Å². The second kappa shape index (κ2) is 11.4. The number of halogens is 2. The summed E-state index contributed by atoms with van der Waals surface area (Å²) < 4.78 is 0. The van der Waals surface area contributed by atoms with E-state index in [0.29, 0.717) is 18.7 Å². The third-order valence-electron chi connectivity index (χ3n) is 7.74. The number of benzene rings is 3. The molecule has 0 spiro atoms. The van der Waals surface area contributed by atoms with Crippen LogP contribution >= 0.6 is 23.2 Å². The van der Waals surface area contributed by atoms with Crippen LogP contribution in [0.3, 0.4) is 0 Å². The van der Waals surface area contributed by atoms with Crippen LogP contribution in [-0.2, 0) is 6.54 Å². The van der Waals surface area contributed by atoms with Gasteiger partial charge in [0.2, 0.25) is 0 Å². The average Bonchev–Trinajstić information content (AvgIpc) is 2.99. The highest BCUT2D eigenvalue weighted by Gasteiger charge is 2.24. The van der Waals surface area contributed by atoms with E-state index >= 15 is 0 Å². The van der Waals surface area contributed by atoms with E-state index in [-0.39, 0.29) is 5.91 Å². The van der Waals surface area contributed by atoms with Crippen molar-refractivity contribution in [2.45, 2.75) is 13.5 Å². The molecule has 204 valence electrons. The maximum absolute atomic E-state index is 13.5. The summed E-state index contributed by atoms with van der Waals surface area (Å²) in [5.74, 6) is 0.928. The molecule has 1 amide bonds. The lowest BCUT2D eigenvalue weighted by atomic mass is 10.0. The van der Waals surface area contributed by atoms with Crippen molar-refractivity contribution in [1.82, 2.24) is 9.88 Å². The zero-order chi connectivity index (χ0) is 27.6. The monoisotopic (exact) mass is 571 g/mol. The molecular weight excluding hydrogens is 541 g/mol. The summed E-state index contributed by atoms with van der Waals surface area (Å²) in [5, 5.41) is 4.89. The minimum absolute atomic E-state index is 0.0539. The van der Waals surface area contributed by atoms with Gasteiger partial charge in [-0.2, -0.15) is 0 Å². The Kier molecular flexibility index (Phi) is 7.55. The van der Waals surface area contributed by atoms with Crippen LogP contribution in [-0.4, -0.2) is 55.1 Å². The summed E-state index contributed by atoms with van der Waals surface area (Å²) in [5.41, 5.74) is 7.21. The Morgan fingerprint density at radius 1 is 0.875 bits per heavy atom. The van der Waals surface area contributed by atoms with Crippen LogP contribution in [0, 0.1) is 6.92 Å². The second-order valence-corrected chi connectivity index (χ2v) is 11.2. The standard InChI is InChI=1S/C32H31Cl2N5O/c1-22-8-9-28(34)17-26(22)21-39-11-10-35-31-30(39)18-25(20-36-31)23-4-2-5-24(16-23)32(40)38-14-12-37(13-15-38)29-7-3-6-27(33)19-29/h2-9,16-20H,10-15,21H2,1H3,(H,35,36).